The molecule has 62 valence electrons. The third-order valence-electron chi connectivity index (χ3n) is 1.92. The summed E-state index contributed by atoms with van der Waals surface area (Å²) in [7, 11) is 0. The molecule has 0 unspecified atom stereocenters. The highest BCUT2D eigenvalue weighted by molar-refractivity contribution is 7.02. The molecule has 0 saturated carbocycles. The van der Waals surface area contributed by atoms with Crippen LogP contribution in [0.1, 0.15) is 24.6 Å². The highest BCUT2D eigenvalue weighted by atomic mass is 32.1. The SMILES string of the molecule is CC(C)c1cc2cccc[n+]2s1. The minimum atomic E-state index is 0.634. The summed E-state index contributed by atoms with van der Waals surface area (Å²) in [5.74, 6) is 0.634. The highest BCUT2D eigenvalue weighted by Gasteiger charge is 2.11. The van der Waals surface area contributed by atoms with E-state index in [1.54, 1.807) is 0 Å². The largest absolute Gasteiger partial charge is 0.226 e. The van der Waals surface area contributed by atoms with Gasteiger partial charge in [0.05, 0.1) is 4.88 Å². The molecule has 0 spiro atoms. The van der Waals surface area contributed by atoms with Crippen molar-refractivity contribution in [2.24, 2.45) is 0 Å². The molecule has 2 aromatic rings. The van der Waals surface area contributed by atoms with E-state index >= 15 is 0 Å². The second kappa shape index (κ2) is 2.87. The number of pyridine rings is 1. The van der Waals surface area contributed by atoms with Gasteiger partial charge in [-0.25, -0.2) is 0 Å². The van der Waals surface area contributed by atoms with Crippen LogP contribution in [0.5, 0.6) is 0 Å². The molecule has 2 heteroatoms. The van der Waals surface area contributed by atoms with Crippen LogP contribution in [0.4, 0.5) is 0 Å². The molecular formula is C10H12NS+. The Balaban J connectivity index is 2.62. The molecule has 2 heterocycles. The van der Waals surface area contributed by atoms with E-state index in [2.05, 4.69) is 48.1 Å². The fourth-order valence-electron chi connectivity index (χ4n) is 1.19. The summed E-state index contributed by atoms with van der Waals surface area (Å²) < 4.78 is 2.20. The minimum absolute atomic E-state index is 0.634. The number of hydrogen-bond donors (Lipinski definition) is 0. The lowest BCUT2D eigenvalue weighted by atomic mass is 10.2. The molecule has 0 aliphatic heterocycles. The van der Waals surface area contributed by atoms with Gasteiger partial charge in [0.1, 0.15) is 11.5 Å². The third kappa shape index (κ3) is 1.23. The number of fused-ring (bicyclic) bond motifs is 1. The van der Waals surface area contributed by atoms with Gasteiger partial charge in [0.2, 0.25) is 5.52 Å². The average molecular weight is 178 g/mol. The molecule has 0 radical (unpaired) electrons. The lowest BCUT2D eigenvalue weighted by Crippen LogP contribution is -2.11. The van der Waals surface area contributed by atoms with Gasteiger partial charge in [0.15, 0.2) is 6.20 Å². The van der Waals surface area contributed by atoms with E-state index in [-0.39, 0.29) is 0 Å². The number of hydrogen-bond acceptors (Lipinski definition) is 1. The van der Waals surface area contributed by atoms with Crippen molar-refractivity contribution in [1.82, 2.24) is 0 Å². The Morgan fingerprint density at radius 3 is 2.83 bits per heavy atom. The third-order valence-corrected chi connectivity index (χ3v) is 3.25. The van der Waals surface area contributed by atoms with Crippen LogP contribution in [0.2, 0.25) is 0 Å². The summed E-state index contributed by atoms with van der Waals surface area (Å²) in [4.78, 5) is 1.45. The van der Waals surface area contributed by atoms with Crippen molar-refractivity contribution >= 4 is 17.0 Å². The van der Waals surface area contributed by atoms with Crippen molar-refractivity contribution in [2.45, 2.75) is 19.8 Å². The summed E-state index contributed by atoms with van der Waals surface area (Å²) in [6, 6.07) is 8.54. The van der Waals surface area contributed by atoms with Gasteiger partial charge in [0, 0.05) is 18.2 Å². The van der Waals surface area contributed by atoms with Crippen LogP contribution in [-0.4, -0.2) is 0 Å². The topological polar surface area (TPSA) is 4.10 Å². The maximum absolute atomic E-state index is 2.26. The number of aromatic nitrogens is 1. The molecule has 0 saturated heterocycles. The van der Waals surface area contributed by atoms with Crippen molar-refractivity contribution in [3.8, 4) is 0 Å². The Morgan fingerprint density at radius 1 is 1.33 bits per heavy atom. The fourth-order valence-corrected chi connectivity index (χ4v) is 2.16. The summed E-state index contributed by atoms with van der Waals surface area (Å²) in [5, 5.41) is 0. The fraction of sp³-hybridized carbons (Fsp3) is 0.300. The zero-order valence-electron chi connectivity index (χ0n) is 7.32. The van der Waals surface area contributed by atoms with Crippen molar-refractivity contribution in [2.75, 3.05) is 0 Å². The zero-order valence-corrected chi connectivity index (χ0v) is 8.14. The van der Waals surface area contributed by atoms with Crippen LogP contribution in [0.15, 0.2) is 30.5 Å². The molecule has 0 N–H and O–H groups in total. The van der Waals surface area contributed by atoms with E-state index in [0.717, 1.165) is 0 Å². The Labute approximate surface area is 76.4 Å². The van der Waals surface area contributed by atoms with E-state index in [0.29, 0.717) is 5.92 Å². The van der Waals surface area contributed by atoms with E-state index in [4.69, 9.17) is 0 Å². The minimum Gasteiger partial charge on any atom is -0.102 e. The monoisotopic (exact) mass is 178 g/mol. The van der Waals surface area contributed by atoms with Gasteiger partial charge in [-0.2, -0.15) is 0 Å². The Hall–Kier alpha value is -0.890. The molecule has 12 heavy (non-hydrogen) atoms. The van der Waals surface area contributed by atoms with E-state index in [1.807, 2.05) is 11.5 Å². The van der Waals surface area contributed by atoms with Crippen LogP contribution < -0.4 is 3.79 Å². The first kappa shape index (κ1) is 7.74. The van der Waals surface area contributed by atoms with Crippen LogP contribution in [0.25, 0.3) is 5.52 Å². The van der Waals surface area contributed by atoms with Gasteiger partial charge in [-0.05, 0) is 12.0 Å². The molecule has 0 aliphatic rings. The Bertz CT molecular complexity index is 356. The Kier molecular flexibility index (Phi) is 1.85. The number of nitrogens with zero attached hydrogens (tertiary/aromatic N) is 1. The van der Waals surface area contributed by atoms with Crippen molar-refractivity contribution in [3.63, 3.8) is 0 Å². The quantitative estimate of drug-likeness (QED) is 0.591. The molecule has 0 bridgehead atoms. The van der Waals surface area contributed by atoms with Gasteiger partial charge >= 0.3 is 0 Å². The molecule has 1 nitrogen and oxygen atoms in total. The molecule has 0 fully saturated rings. The maximum Gasteiger partial charge on any atom is 0.226 e. The number of rotatable bonds is 1. The first-order valence-electron chi connectivity index (χ1n) is 4.18. The van der Waals surface area contributed by atoms with Crippen LogP contribution in [0.3, 0.4) is 0 Å². The normalized spacial score (nSPS) is 11.2. The van der Waals surface area contributed by atoms with E-state index in [1.165, 1.54) is 10.4 Å². The Morgan fingerprint density at radius 2 is 2.17 bits per heavy atom. The van der Waals surface area contributed by atoms with Crippen molar-refractivity contribution in [1.29, 1.82) is 0 Å². The smallest absolute Gasteiger partial charge is 0.102 e. The van der Waals surface area contributed by atoms with Gasteiger partial charge in [-0.15, -0.1) is 3.79 Å². The highest BCUT2D eigenvalue weighted by Crippen LogP contribution is 2.18. The molecule has 2 aromatic heterocycles. The second-order valence-corrected chi connectivity index (χ2v) is 4.29. The molecular weight excluding hydrogens is 166 g/mol. The average Bonchev–Trinajstić information content (AvgIpc) is 2.46. The van der Waals surface area contributed by atoms with Crippen LogP contribution >= 0.6 is 11.5 Å². The van der Waals surface area contributed by atoms with Crippen molar-refractivity contribution in [3.05, 3.63) is 35.3 Å². The van der Waals surface area contributed by atoms with E-state index < -0.39 is 0 Å². The summed E-state index contributed by atoms with van der Waals surface area (Å²) >= 11 is 1.82. The predicted octanol–water partition coefficient (Wildman–Crippen LogP) is 2.61. The lowest BCUT2D eigenvalue weighted by molar-refractivity contribution is -0.431. The van der Waals surface area contributed by atoms with E-state index in [9.17, 15) is 0 Å². The zero-order chi connectivity index (χ0) is 8.55. The first-order valence-corrected chi connectivity index (χ1v) is 4.95. The molecule has 2 rings (SSSR count). The van der Waals surface area contributed by atoms with Gasteiger partial charge in [0.25, 0.3) is 0 Å². The molecule has 0 atom stereocenters. The van der Waals surface area contributed by atoms with Crippen molar-refractivity contribution < 1.29 is 3.79 Å². The van der Waals surface area contributed by atoms with Crippen LogP contribution in [0, 0.1) is 0 Å². The molecule has 0 amide bonds. The summed E-state index contributed by atoms with van der Waals surface area (Å²) in [6.07, 6.45) is 2.10. The van der Waals surface area contributed by atoms with Crippen LogP contribution in [-0.2, 0) is 0 Å². The van der Waals surface area contributed by atoms with Gasteiger partial charge in [-0.1, -0.05) is 13.8 Å². The predicted molar refractivity (Wildman–Crippen MR) is 51.6 cm³/mol. The maximum atomic E-state index is 2.26. The lowest BCUT2D eigenvalue weighted by Gasteiger charge is -1.91. The van der Waals surface area contributed by atoms with Gasteiger partial charge in [-0.3, -0.25) is 0 Å². The standard InChI is InChI=1S/C10H12NS/c1-8(2)10-7-9-5-3-4-6-11(9)12-10/h3-8H,1-2H3/q+1. The summed E-state index contributed by atoms with van der Waals surface area (Å²) in [5.41, 5.74) is 1.30. The van der Waals surface area contributed by atoms with Gasteiger partial charge < -0.3 is 0 Å². The molecule has 0 aliphatic carbocycles. The second-order valence-electron chi connectivity index (χ2n) is 3.24. The molecule has 0 aromatic carbocycles. The summed E-state index contributed by atoms with van der Waals surface area (Å²) in [6.45, 7) is 4.45. The first-order chi connectivity index (χ1) is 5.77.